The van der Waals surface area contributed by atoms with Crippen molar-refractivity contribution in [1.29, 1.82) is 0 Å². The van der Waals surface area contributed by atoms with Crippen molar-refractivity contribution < 1.29 is 10.6 Å². The molecule has 0 aliphatic rings. The zero-order valence-corrected chi connectivity index (χ0v) is 8.02. The fraction of sp³-hybridized carbons (Fsp3) is 0. The van der Waals surface area contributed by atoms with Gasteiger partial charge in [-0.2, -0.15) is 15.4 Å². The smallest absolute Gasteiger partial charge is 0.154 e. The number of phenolic OH excluding ortho intramolecular Hbond substituents is 1. The number of nitrogens with zero attached hydrogens (tertiary/aromatic N) is 2. The van der Waals surface area contributed by atoms with E-state index in [0.29, 0.717) is 11.0 Å². The van der Waals surface area contributed by atoms with E-state index in [2.05, 4.69) is 15.4 Å². The number of hydrogen-bond acceptors (Lipinski definition) is 3. The highest BCUT2D eigenvalue weighted by Gasteiger charge is 1.99. The van der Waals surface area contributed by atoms with Crippen molar-refractivity contribution in [2.75, 3.05) is 0 Å². The number of halogens is 2. The Morgan fingerprint density at radius 2 is 1.85 bits per heavy atom. The van der Waals surface area contributed by atoms with Crippen molar-refractivity contribution in [3.05, 3.63) is 18.2 Å². The van der Waals surface area contributed by atoms with Gasteiger partial charge in [0.1, 0.15) is 11.3 Å². The van der Waals surface area contributed by atoms with Crippen molar-refractivity contribution in [3.8, 4) is 5.75 Å². The number of fused-ring (bicyclic) bond motifs is 1. The van der Waals surface area contributed by atoms with Crippen LogP contribution < -0.4 is 0 Å². The second-order valence-corrected chi connectivity index (χ2v) is 1.97. The van der Waals surface area contributed by atoms with Gasteiger partial charge in [-0.1, -0.05) is 6.07 Å². The van der Waals surface area contributed by atoms with Crippen molar-refractivity contribution in [2.45, 2.75) is 0 Å². The number of para-hydroxylation sites is 1. The Hall–Kier alpha value is -1.04. The van der Waals surface area contributed by atoms with Crippen LogP contribution in [0.2, 0.25) is 0 Å². The van der Waals surface area contributed by atoms with Crippen LogP contribution in [0, 0.1) is 0 Å². The Kier molecular flexibility index (Phi) is 6.22. The zero-order chi connectivity index (χ0) is 6.97. The van der Waals surface area contributed by atoms with Gasteiger partial charge in [0.05, 0.1) is 0 Å². The minimum Gasteiger partial charge on any atom is -0.506 e. The van der Waals surface area contributed by atoms with Crippen LogP contribution in [0.5, 0.6) is 5.75 Å². The lowest BCUT2D eigenvalue weighted by Crippen LogP contribution is -1.68. The van der Waals surface area contributed by atoms with E-state index in [9.17, 15) is 0 Å². The van der Waals surface area contributed by atoms with Gasteiger partial charge in [0, 0.05) is 0 Å². The molecule has 0 amide bonds. The number of hydrogen-bond donors (Lipinski definition) is 2. The molecule has 1 heterocycles. The molecule has 5 nitrogen and oxygen atoms in total. The lowest BCUT2D eigenvalue weighted by atomic mass is 10.3. The molecule has 0 unspecified atom stereocenters. The predicted molar refractivity (Wildman–Crippen MR) is 53.7 cm³/mol. The molecule has 0 bridgehead atoms. The van der Waals surface area contributed by atoms with Gasteiger partial charge < -0.3 is 10.6 Å². The molecule has 0 saturated heterocycles. The number of H-pyrrole nitrogens is 1. The van der Waals surface area contributed by atoms with Gasteiger partial charge in [-0.25, -0.2) is 0 Å². The summed E-state index contributed by atoms with van der Waals surface area (Å²) < 4.78 is 0. The van der Waals surface area contributed by atoms with Crippen molar-refractivity contribution in [3.63, 3.8) is 0 Å². The van der Waals surface area contributed by atoms with E-state index < -0.39 is 0 Å². The Bertz CT molecular complexity index is 365. The van der Waals surface area contributed by atoms with Crippen LogP contribution in [0.15, 0.2) is 18.2 Å². The molecule has 4 N–H and O–H groups in total. The average Bonchev–Trinajstić information content (AvgIpc) is 2.36. The zero-order valence-electron chi connectivity index (χ0n) is 6.39. The highest BCUT2D eigenvalue weighted by molar-refractivity contribution is 5.85. The molecule has 74 valence electrons. The Labute approximate surface area is 86.3 Å². The van der Waals surface area contributed by atoms with E-state index in [1.807, 2.05) is 0 Å². The molecule has 2 rings (SSSR count). The summed E-state index contributed by atoms with van der Waals surface area (Å²) in [4.78, 5) is 0. The summed E-state index contributed by atoms with van der Waals surface area (Å²) in [6.45, 7) is 0. The normalized spacial score (nSPS) is 8.00. The number of aromatic nitrogens is 3. The second kappa shape index (κ2) is 5.58. The largest absolute Gasteiger partial charge is 0.506 e. The van der Waals surface area contributed by atoms with Crippen LogP contribution >= 0.6 is 24.8 Å². The number of rotatable bonds is 0. The van der Waals surface area contributed by atoms with Gasteiger partial charge in [0.2, 0.25) is 0 Å². The molecule has 0 saturated carbocycles. The summed E-state index contributed by atoms with van der Waals surface area (Å²) in [5, 5.41) is 19.1. The molecule has 0 radical (unpaired) electrons. The maximum absolute atomic E-state index is 9.14. The van der Waals surface area contributed by atoms with Crippen molar-refractivity contribution in [2.24, 2.45) is 0 Å². The van der Waals surface area contributed by atoms with Crippen molar-refractivity contribution in [1.82, 2.24) is 15.4 Å². The molecule has 1 aromatic carbocycles. The third kappa shape index (κ3) is 2.45. The van der Waals surface area contributed by atoms with Crippen LogP contribution in [0.4, 0.5) is 0 Å². The maximum Gasteiger partial charge on any atom is 0.154 e. The standard InChI is InChI=1S/C6H5N3O.2ClH.H2O/c10-5-3-1-2-4-6(5)8-9-7-4;;;/h1-3,10H,(H,7,8,9);2*1H;1H2. The lowest BCUT2D eigenvalue weighted by Gasteiger charge is -1.87. The fourth-order valence-corrected chi connectivity index (χ4v) is 0.853. The minimum absolute atomic E-state index is 0. The molecule has 0 aliphatic carbocycles. The summed E-state index contributed by atoms with van der Waals surface area (Å²) in [5.74, 6) is 0.159. The highest BCUT2D eigenvalue weighted by atomic mass is 35.5. The maximum atomic E-state index is 9.14. The first-order valence-corrected chi connectivity index (χ1v) is 2.86. The molecule has 0 aliphatic heterocycles. The SMILES string of the molecule is Cl.Cl.O.Oc1cccc2n[nH]nc12. The fourth-order valence-electron chi connectivity index (χ4n) is 0.853. The Morgan fingerprint density at radius 1 is 1.15 bits per heavy atom. The van der Waals surface area contributed by atoms with Crippen LogP contribution in [0.25, 0.3) is 11.0 Å². The van der Waals surface area contributed by atoms with E-state index in [1.54, 1.807) is 18.2 Å². The third-order valence-electron chi connectivity index (χ3n) is 1.33. The molecule has 13 heavy (non-hydrogen) atoms. The molecule has 1 aromatic heterocycles. The summed E-state index contributed by atoms with van der Waals surface area (Å²) in [7, 11) is 0. The first-order chi connectivity index (χ1) is 4.88. The highest BCUT2D eigenvalue weighted by Crippen LogP contribution is 2.18. The summed E-state index contributed by atoms with van der Waals surface area (Å²) in [6, 6.07) is 5.07. The first-order valence-electron chi connectivity index (χ1n) is 2.86. The van der Waals surface area contributed by atoms with E-state index in [1.165, 1.54) is 0 Å². The number of nitrogens with one attached hydrogen (secondary N) is 1. The van der Waals surface area contributed by atoms with Gasteiger partial charge in [0.15, 0.2) is 5.52 Å². The molecule has 0 fully saturated rings. The van der Waals surface area contributed by atoms with Gasteiger partial charge in [-0.05, 0) is 12.1 Å². The molecular formula is C6H9Cl2N3O2. The molecule has 0 atom stereocenters. The lowest BCUT2D eigenvalue weighted by molar-refractivity contribution is 0.480. The predicted octanol–water partition coefficient (Wildman–Crippen LogP) is 0.682. The molecule has 2 aromatic rings. The number of aromatic hydroxyl groups is 1. The first kappa shape index (κ1) is 14.5. The molecule has 0 spiro atoms. The monoisotopic (exact) mass is 225 g/mol. The quantitative estimate of drug-likeness (QED) is 0.691. The van der Waals surface area contributed by atoms with Gasteiger partial charge in [-0.15, -0.1) is 24.8 Å². The second-order valence-electron chi connectivity index (χ2n) is 1.97. The van der Waals surface area contributed by atoms with E-state index >= 15 is 0 Å². The Balaban J connectivity index is 0. The third-order valence-corrected chi connectivity index (χ3v) is 1.33. The minimum atomic E-state index is 0. The van der Waals surface area contributed by atoms with E-state index in [0.717, 1.165) is 0 Å². The number of phenols is 1. The summed E-state index contributed by atoms with van der Waals surface area (Å²) in [6.07, 6.45) is 0. The Morgan fingerprint density at radius 3 is 2.46 bits per heavy atom. The van der Waals surface area contributed by atoms with Gasteiger partial charge in [0.25, 0.3) is 0 Å². The van der Waals surface area contributed by atoms with Crippen molar-refractivity contribution >= 4 is 35.8 Å². The topological polar surface area (TPSA) is 93.3 Å². The van der Waals surface area contributed by atoms with E-state index in [-0.39, 0.29) is 36.0 Å². The van der Waals surface area contributed by atoms with Gasteiger partial charge in [-0.3, -0.25) is 0 Å². The average molecular weight is 226 g/mol. The molecular weight excluding hydrogens is 217 g/mol. The number of aromatic amines is 1. The van der Waals surface area contributed by atoms with Crippen LogP contribution in [-0.4, -0.2) is 26.0 Å². The van der Waals surface area contributed by atoms with Crippen LogP contribution in [0.1, 0.15) is 0 Å². The van der Waals surface area contributed by atoms with Crippen LogP contribution in [-0.2, 0) is 0 Å². The van der Waals surface area contributed by atoms with Gasteiger partial charge >= 0.3 is 0 Å². The summed E-state index contributed by atoms with van der Waals surface area (Å²) in [5.41, 5.74) is 1.20. The van der Waals surface area contributed by atoms with E-state index in [4.69, 9.17) is 5.11 Å². The van der Waals surface area contributed by atoms with Crippen LogP contribution in [0.3, 0.4) is 0 Å². The molecule has 7 heteroatoms. The number of benzene rings is 1. The summed E-state index contributed by atoms with van der Waals surface area (Å²) >= 11 is 0.